The lowest BCUT2D eigenvalue weighted by molar-refractivity contribution is 0.0698. The van der Waals surface area contributed by atoms with Gasteiger partial charge < -0.3 is 20.6 Å². The number of hydrogen-bond donors (Lipinski definition) is 3. The predicted octanol–water partition coefficient (Wildman–Crippen LogP) is 2.21. The zero-order valence-corrected chi connectivity index (χ0v) is 9.72. The van der Waals surface area contributed by atoms with Crippen LogP contribution in [0.4, 0.5) is 11.4 Å². The lowest BCUT2D eigenvalue weighted by atomic mass is 10.1. The average Bonchev–Trinajstić information content (AvgIpc) is 2.82. The van der Waals surface area contributed by atoms with E-state index in [1.54, 1.807) is 18.4 Å². The highest BCUT2D eigenvalue weighted by molar-refractivity contribution is 5.95. The zero-order chi connectivity index (χ0) is 13.0. The first-order valence-electron chi connectivity index (χ1n) is 5.56. The van der Waals surface area contributed by atoms with E-state index >= 15 is 0 Å². The Hall–Kier alpha value is -2.43. The van der Waals surface area contributed by atoms with Crippen molar-refractivity contribution in [2.75, 3.05) is 17.6 Å². The molecule has 1 heterocycles. The lowest BCUT2D eigenvalue weighted by Crippen LogP contribution is -2.09. The van der Waals surface area contributed by atoms with Gasteiger partial charge in [0.2, 0.25) is 0 Å². The second-order valence-corrected chi connectivity index (χ2v) is 3.87. The van der Waals surface area contributed by atoms with Crippen LogP contribution in [0.2, 0.25) is 0 Å². The summed E-state index contributed by atoms with van der Waals surface area (Å²) in [5, 5.41) is 12.1. The molecule has 0 amide bonds. The lowest BCUT2D eigenvalue weighted by Gasteiger charge is -2.09. The number of anilines is 2. The van der Waals surface area contributed by atoms with E-state index in [0.717, 1.165) is 5.76 Å². The van der Waals surface area contributed by atoms with Gasteiger partial charge in [-0.1, -0.05) is 0 Å². The van der Waals surface area contributed by atoms with Crippen LogP contribution in [0, 0.1) is 0 Å². The first kappa shape index (κ1) is 12.0. The number of nitrogen functional groups attached to an aromatic ring is 1. The molecular weight excluding hydrogens is 232 g/mol. The molecule has 18 heavy (non-hydrogen) atoms. The molecule has 2 rings (SSSR count). The molecule has 1 aromatic heterocycles. The molecule has 0 fully saturated rings. The van der Waals surface area contributed by atoms with Crippen molar-refractivity contribution >= 4 is 17.3 Å². The summed E-state index contributed by atoms with van der Waals surface area (Å²) >= 11 is 0. The summed E-state index contributed by atoms with van der Waals surface area (Å²) in [4.78, 5) is 11.0. The molecule has 5 heteroatoms. The summed E-state index contributed by atoms with van der Waals surface area (Å²) in [6.07, 6.45) is 2.29. The van der Waals surface area contributed by atoms with Crippen molar-refractivity contribution in [2.45, 2.75) is 6.42 Å². The Bertz CT molecular complexity index is 535. The summed E-state index contributed by atoms with van der Waals surface area (Å²) in [5.41, 5.74) is 6.90. The van der Waals surface area contributed by atoms with E-state index in [-0.39, 0.29) is 5.56 Å². The van der Waals surface area contributed by atoms with Gasteiger partial charge in [0, 0.05) is 18.7 Å². The Morgan fingerprint density at radius 3 is 2.89 bits per heavy atom. The minimum absolute atomic E-state index is 0.212. The number of rotatable bonds is 5. The minimum Gasteiger partial charge on any atom is -0.478 e. The molecule has 0 radical (unpaired) electrons. The molecule has 5 nitrogen and oxygen atoms in total. The monoisotopic (exact) mass is 246 g/mol. The Labute approximate surface area is 104 Å². The van der Waals surface area contributed by atoms with Crippen LogP contribution in [0.5, 0.6) is 0 Å². The normalized spacial score (nSPS) is 10.2. The van der Waals surface area contributed by atoms with Gasteiger partial charge >= 0.3 is 5.97 Å². The molecule has 0 spiro atoms. The number of furan rings is 1. The number of carboxylic acid groups (broad SMARTS) is 1. The molecule has 0 atom stereocenters. The predicted molar refractivity (Wildman–Crippen MR) is 68.7 cm³/mol. The minimum atomic E-state index is -0.976. The maximum absolute atomic E-state index is 11.0. The van der Waals surface area contributed by atoms with E-state index in [1.807, 2.05) is 12.1 Å². The van der Waals surface area contributed by atoms with E-state index < -0.39 is 5.97 Å². The molecule has 2 aromatic rings. The number of nitrogens with one attached hydrogen (secondary N) is 1. The van der Waals surface area contributed by atoms with Crippen LogP contribution in [0.25, 0.3) is 0 Å². The van der Waals surface area contributed by atoms with Crippen LogP contribution in [0.1, 0.15) is 16.1 Å². The van der Waals surface area contributed by atoms with Gasteiger partial charge in [-0.25, -0.2) is 4.79 Å². The second-order valence-electron chi connectivity index (χ2n) is 3.87. The molecule has 94 valence electrons. The third-order valence-electron chi connectivity index (χ3n) is 2.54. The fourth-order valence-corrected chi connectivity index (χ4v) is 1.67. The van der Waals surface area contributed by atoms with Gasteiger partial charge in [0.15, 0.2) is 0 Å². The van der Waals surface area contributed by atoms with Crippen LogP contribution in [0.15, 0.2) is 41.0 Å². The van der Waals surface area contributed by atoms with Gasteiger partial charge in [0.05, 0.1) is 17.5 Å². The summed E-state index contributed by atoms with van der Waals surface area (Å²) in [5.74, 6) is -0.126. The zero-order valence-electron chi connectivity index (χ0n) is 9.72. The molecule has 0 aliphatic heterocycles. The molecule has 0 aliphatic carbocycles. The van der Waals surface area contributed by atoms with E-state index in [9.17, 15) is 4.79 Å². The number of carbonyl (C=O) groups is 1. The van der Waals surface area contributed by atoms with E-state index in [0.29, 0.717) is 24.3 Å². The van der Waals surface area contributed by atoms with Crippen LogP contribution in [0.3, 0.4) is 0 Å². The Morgan fingerprint density at radius 1 is 1.39 bits per heavy atom. The maximum Gasteiger partial charge on any atom is 0.337 e. The average molecular weight is 246 g/mol. The fourth-order valence-electron chi connectivity index (χ4n) is 1.67. The van der Waals surface area contributed by atoms with Crippen molar-refractivity contribution in [1.82, 2.24) is 0 Å². The van der Waals surface area contributed by atoms with Crippen molar-refractivity contribution in [3.8, 4) is 0 Å². The quantitative estimate of drug-likeness (QED) is 0.704. The molecule has 0 unspecified atom stereocenters. The summed E-state index contributed by atoms with van der Waals surface area (Å²) in [6.45, 7) is 0.581. The first-order chi connectivity index (χ1) is 8.66. The van der Waals surface area contributed by atoms with Crippen LogP contribution in [-0.4, -0.2) is 17.6 Å². The Morgan fingerprint density at radius 2 is 2.22 bits per heavy atom. The Kier molecular flexibility index (Phi) is 3.52. The van der Waals surface area contributed by atoms with Crippen molar-refractivity contribution in [2.24, 2.45) is 0 Å². The second kappa shape index (κ2) is 5.27. The molecule has 0 aliphatic rings. The van der Waals surface area contributed by atoms with Crippen LogP contribution >= 0.6 is 0 Å². The smallest absolute Gasteiger partial charge is 0.337 e. The van der Waals surface area contributed by atoms with Gasteiger partial charge in [-0.2, -0.15) is 0 Å². The van der Waals surface area contributed by atoms with Gasteiger partial charge in [-0.05, 0) is 30.3 Å². The molecule has 0 saturated carbocycles. The highest BCUT2D eigenvalue weighted by Crippen LogP contribution is 2.19. The number of hydrogen-bond acceptors (Lipinski definition) is 4. The van der Waals surface area contributed by atoms with Gasteiger partial charge in [0.1, 0.15) is 5.76 Å². The van der Waals surface area contributed by atoms with Crippen LogP contribution in [-0.2, 0) is 6.42 Å². The fraction of sp³-hybridized carbons (Fsp3) is 0.154. The van der Waals surface area contributed by atoms with Crippen molar-refractivity contribution in [3.05, 3.63) is 47.9 Å². The molecule has 1 aromatic carbocycles. The molecule has 0 bridgehead atoms. The molecule has 0 saturated heterocycles. The van der Waals surface area contributed by atoms with Crippen molar-refractivity contribution < 1.29 is 14.3 Å². The van der Waals surface area contributed by atoms with E-state index in [1.165, 1.54) is 6.07 Å². The van der Waals surface area contributed by atoms with Crippen LogP contribution < -0.4 is 11.1 Å². The topological polar surface area (TPSA) is 88.5 Å². The Balaban J connectivity index is 2.03. The van der Waals surface area contributed by atoms with Gasteiger partial charge in [-0.15, -0.1) is 0 Å². The van der Waals surface area contributed by atoms with Crippen molar-refractivity contribution in [3.63, 3.8) is 0 Å². The van der Waals surface area contributed by atoms with E-state index in [4.69, 9.17) is 15.3 Å². The summed E-state index contributed by atoms with van der Waals surface area (Å²) < 4.78 is 5.19. The number of aromatic carboxylic acids is 1. The summed E-state index contributed by atoms with van der Waals surface area (Å²) in [6, 6.07) is 8.37. The standard InChI is InChI=1S/C13H14N2O3/c14-9-3-4-11(13(16)17)12(8-9)15-6-5-10-2-1-7-18-10/h1-4,7-8,15H,5-6,14H2,(H,16,17). The maximum atomic E-state index is 11.0. The third kappa shape index (κ3) is 2.82. The highest BCUT2D eigenvalue weighted by atomic mass is 16.4. The van der Waals surface area contributed by atoms with E-state index in [2.05, 4.69) is 5.32 Å². The van der Waals surface area contributed by atoms with Gasteiger partial charge in [0.25, 0.3) is 0 Å². The largest absolute Gasteiger partial charge is 0.478 e. The van der Waals surface area contributed by atoms with Crippen molar-refractivity contribution in [1.29, 1.82) is 0 Å². The highest BCUT2D eigenvalue weighted by Gasteiger charge is 2.09. The number of carboxylic acids is 1. The molecule has 4 N–H and O–H groups in total. The molecular formula is C13H14N2O3. The first-order valence-corrected chi connectivity index (χ1v) is 5.56. The third-order valence-corrected chi connectivity index (χ3v) is 2.54. The number of nitrogens with two attached hydrogens (primary N) is 1. The summed E-state index contributed by atoms with van der Waals surface area (Å²) in [7, 11) is 0. The SMILES string of the molecule is Nc1ccc(C(=O)O)c(NCCc2ccco2)c1. The number of benzene rings is 1. The van der Waals surface area contributed by atoms with Gasteiger partial charge in [-0.3, -0.25) is 0 Å².